The zero-order valence-corrected chi connectivity index (χ0v) is 8.70. The lowest BCUT2D eigenvalue weighted by molar-refractivity contribution is 0.238. The molecule has 0 aliphatic carbocycles. The minimum Gasteiger partial charge on any atom is -0.508 e. The van der Waals surface area contributed by atoms with Crippen molar-refractivity contribution in [3.05, 3.63) is 29.6 Å². The molecule has 0 bridgehead atoms. The lowest BCUT2D eigenvalue weighted by Crippen LogP contribution is -2.31. The minimum absolute atomic E-state index is 0.00964. The van der Waals surface area contributed by atoms with Gasteiger partial charge in [0.15, 0.2) is 0 Å². The highest BCUT2D eigenvalue weighted by Crippen LogP contribution is 2.14. The Balaban J connectivity index is 2.57. The number of aliphatic hydroxyl groups excluding tert-OH is 1. The van der Waals surface area contributed by atoms with Crippen molar-refractivity contribution in [2.45, 2.75) is 25.9 Å². The van der Waals surface area contributed by atoms with Gasteiger partial charge in [0, 0.05) is 18.7 Å². The van der Waals surface area contributed by atoms with Gasteiger partial charge in [0.25, 0.3) is 0 Å². The Labute approximate surface area is 88.6 Å². The Morgan fingerprint density at radius 3 is 2.67 bits per heavy atom. The summed E-state index contributed by atoms with van der Waals surface area (Å²) in [5, 5.41) is 21.1. The number of aromatic hydroxyl groups is 1. The summed E-state index contributed by atoms with van der Waals surface area (Å²) >= 11 is 0. The van der Waals surface area contributed by atoms with Crippen LogP contribution in [0.15, 0.2) is 18.2 Å². The van der Waals surface area contributed by atoms with Crippen molar-refractivity contribution in [1.82, 2.24) is 5.32 Å². The number of phenols is 1. The third kappa shape index (κ3) is 3.85. The summed E-state index contributed by atoms with van der Waals surface area (Å²) < 4.78 is 12.9. The minimum atomic E-state index is -0.455. The largest absolute Gasteiger partial charge is 0.508 e. The summed E-state index contributed by atoms with van der Waals surface area (Å²) in [5.41, 5.74) is 0.666. The van der Waals surface area contributed by atoms with Crippen LogP contribution >= 0.6 is 0 Å². The number of hydrogen-bond donors (Lipinski definition) is 3. The highest BCUT2D eigenvalue weighted by molar-refractivity contribution is 5.28. The first kappa shape index (κ1) is 11.9. The molecule has 0 aromatic heterocycles. The Morgan fingerprint density at radius 1 is 1.40 bits per heavy atom. The van der Waals surface area contributed by atoms with E-state index in [2.05, 4.69) is 5.32 Å². The van der Waals surface area contributed by atoms with E-state index in [4.69, 9.17) is 10.2 Å². The van der Waals surface area contributed by atoms with E-state index in [-0.39, 0.29) is 18.4 Å². The summed E-state index contributed by atoms with van der Waals surface area (Å²) in [5.74, 6) is -0.535. The van der Waals surface area contributed by atoms with E-state index in [1.54, 1.807) is 0 Å². The maximum absolute atomic E-state index is 12.9. The molecule has 0 fully saturated rings. The molecule has 84 valence electrons. The van der Waals surface area contributed by atoms with Crippen LogP contribution in [-0.4, -0.2) is 22.9 Å². The Morgan fingerprint density at radius 2 is 2.13 bits per heavy atom. The number of halogens is 1. The normalized spacial score (nSPS) is 12.7. The molecule has 4 heteroatoms. The maximum Gasteiger partial charge on any atom is 0.127 e. The summed E-state index contributed by atoms with van der Waals surface area (Å²) in [6, 6.07) is 3.93. The molecule has 0 aliphatic heterocycles. The van der Waals surface area contributed by atoms with Crippen LogP contribution in [0.25, 0.3) is 0 Å². The molecule has 0 spiro atoms. The van der Waals surface area contributed by atoms with E-state index >= 15 is 0 Å². The number of phenolic OH excluding ortho intramolecular Hbond substituents is 1. The molecule has 0 saturated heterocycles. The third-order valence-corrected chi connectivity index (χ3v) is 2.25. The predicted octanol–water partition coefficient (Wildman–Crippen LogP) is 1.39. The summed E-state index contributed by atoms with van der Waals surface area (Å²) in [7, 11) is 0. The lowest BCUT2D eigenvalue weighted by atomic mass is 10.2. The van der Waals surface area contributed by atoms with Gasteiger partial charge < -0.3 is 15.5 Å². The van der Waals surface area contributed by atoms with Crippen LogP contribution in [0, 0.1) is 5.82 Å². The zero-order chi connectivity index (χ0) is 11.3. The zero-order valence-electron chi connectivity index (χ0n) is 8.70. The molecule has 0 unspecified atom stereocenters. The summed E-state index contributed by atoms with van der Waals surface area (Å²) in [6.45, 7) is 2.44. The molecular formula is C11H16FNO2. The number of aliphatic hydroxyl groups is 1. The second kappa shape index (κ2) is 5.68. The highest BCUT2D eigenvalue weighted by atomic mass is 19.1. The van der Waals surface area contributed by atoms with Crippen LogP contribution in [0.3, 0.4) is 0 Å². The first-order valence-electron chi connectivity index (χ1n) is 4.98. The van der Waals surface area contributed by atoms with Gasteiger partial charge in [-0.05, 0) is 24.1 Å². The Bertz CT molecular complexity index is 293. The fraction of sp³-hybridized carbons (Fsp3) is 0.455. The SMILES string of the molecule is CC[C@@H](CO)NCc1cc(O)cc(F)c1. The summed E-state index contributed by atoms with van der Waals surface area (Å²) in [4.78, 5) is 0. The second-order valence-corrected chi connectivity index (χ2v) is 3.49. The van der Waals surface area contributed by atoms with E-state index in [0.29, 0.717) is 12.1 Å². The van der Waals surface area contributed by atoms with E-state index in [1.165, 1.54) is 12.1 Å². The molecule has 0 radical (unpaired) electrons. The molecule has 1 rings (SSSR count). The number of rotatable bonds is 5. The van der Waals surface area contributed by atoms with Crippen molar-refractivity contribution >= 4 is 0 Å². The van der Waals surface area contributed by atoms with Crippen molar-refractivity contribution in [2.24, 2.45) is 0 Å². The van der Waals surface area contributed by atoms with Crippen LogP contribution in [0.1, 0.15) is 18.9 Å². The number of nitrogens with one attached hydrogen (secondary N) is 1. The average molecular weight is 213 g/mol. The van der Waals surface area contributed by atoms with Gasteiger partial charge in [-0.3, -0.25) is 0 Å². The average Bonchev–Trinajstić information content (AvgIpc) is 2.18. The van der Waals surface area contributed by atoms with Crippen LogP contribution in [0.4, 0.5) is 4.39 Å². The molecular weight excluding hydrogens is 197 g/mol. The molecule has 15 heavy (non-hydrogen) atoms. The van der Waals surface area contributed by atoms with Gasteiger partial charge in [0.2, 0.25) is 0 Å². The molecule has 3 nitrogen and oxygen atoms in total. The quantitative estimate of drug-likeness (QED) is 0.692. The van der Waals surface area contributed by atoms with Crippen molar-refractivity contribution in [2.75, 3.05) is 6.61 Å². The van der Waals surface area contributed by atoms with E-state index in [1.807, 2.05) is 6.92 Å². The first-order valence-corrected chi connectivity index (χ1v) is 4.98. The van der Waals surface area contributed by atoms with Gasteiger partial charge in [-0.25, -0.2) is 4.39 Å². The van der Waals surface area contributed by atoms with Crippen LogP contribution in [0.5, 0.6) is 5.75 Å². The van der Waals surface area contributed by atoms with Crippen molar-refractivity contribution in [3.8, 4) is 5.75 Å². The Kier molecular flexibility index (Phi) is 4.52. The fourth-order valence-corrected chi connectivity index (χ4v) is 1.34. The number of benzene rings is 1. The monoisotopic (exact) mass is 213 g/mol. The lowest BCUT2D eigenvalue weighted by Gasteiger charge is -2.13. The molecule has 0 aliphatic rings. The standard InChI is InChI=1S/C11H16FNO2/c1-2-10(7-14)13-6-8-3-9(12)5-11(15)4-8/h3-5,10,13-15H,2,6-7H2,1H3/t10-/m0/s1. The second-order valence-electron chi connectivity index (χ2n) is 3.49. The van der Waals surface area contributed by atoms with E-state index in [9.17, 15) is 4.39 Å². The topological polar surface area (TPSA) is 52.5 Å². The maximum atomic E-state index is 12.9. The molecule has 3 N–H and O–H groups in total. The van der Waals surface area contributed by atoms with E-state index < -0.39 is 5.82 Å². The third-order valence-electron chi connectivity index (χ3n) is 2.25. The Hall–Kier alpha value is -1.13. The molecule has 0 saturated carbocycles. The van der Waals surface area contributed by atoms with Gasteiger partial charge in [-0.1, -0.05) is 6.92 Å². The molecule has 1 aromatic rings. The number of hydrogen-bond acceptors (Lipinski definition) is 3. The van der Waals surface area contributed by atoms with Gasteiger partial charge >= 0.3 is 0 Å². The molecule has 0 heterocycles. The highest BCUT2D eigenvalue weighted by Gasteiger charge is 2.04. The molecule has 1 aromatic carbocycles. The van der Waals surface area contributed by atoms with Gasteiger partial charge in [0.1, 0.15) is 11.6 Å². The van der Waals surface area contributed by atoms with Crippen LogP contribution in [0.2, 0.25) is 0 Å². The van der Waals surface area contributed by atoms with Gasteiger partial charge in [0.05, 0.1) is 6.61 Å². The van der Waals surface area contributed by atoms with Crippen molar-refractivity contribution < 1.29 is 14.6 Å². The molecule has 0 amide bonds. The smallest absolute Gasteiger partial charge is 0.127 e. The predicted molar refractivity (Wildman–Crippen MR) is 56.1 cm³/mol. The van der Waals surface area contributed by atoms with Gasteiger partial charge in [-0.2, -0.15) is 0 Å². The first-order chi connectivity index (χ1) is 7.15. The van der Waals surface area contributed by atoms with Gasteiger partial charge in [-0.15, -0.1) is 0 Å². The molecule has 1 atom stereocenters. The van der Waals surface area contributed by atoms with E-state index in [0.717, 1.165) is 12.5 Å². The van der Waals surface area contributed by atoms with Crippen molar-refractivity contribution in [1.29, 1.82) is 0 Å². The van der Waals surface area contributed by atoms with Crippen molar-refractivity contribution in [3.63, 3.8) is 0 Å². The van der Waals surface area contributed by atoms with Crippen LogP contribution in [-0.2, 0) is 6.54 Å². The summed E-state index contributed by atoms with van der Waals surface area (Å²) in [6.07, 6.45) is 0.803. The fourth-order valence-electron chi connectivity index (χ4n) is 1.34. The van der Waals surface area contributed by atoms with Crippen LogP contribution < -0.4 is 5.32 Å².